The van der Waals surface area contributed by atoms with E-state index in [1.54, 1.807) is 29.1 Å². The van der Waals surface area contributed by atoms with Crippen molar-refractivity contribution in [3.63, 3.8) is 0 Å². The molecular formula is C23H26N4O4S. The lowest BCUT2D eigenvalue weighted by atomic mass is 10.1. The molecule has 1 aliphatic heterocycles. The molecule has 9 heteroatoms. The van der Waals surface area contributed by atoms with Crippen LogP contribution in [0.4, 0.5) is 5.69 Å². The molecule has 1 saturated heterocycles. The SMILES string of the molecule is COc1ccc(S(=O)(=O)N2CCCCC2)cc1NC(=O)c1ccc(Cn2cccn2)cc1. The molecule has 1 fully saturated rings. The first-order valence-corrected chi connectivity index (χ1v) is 12.0. The maximum atomic E-state index is 13.0. The predicted octanol–water partition coefficient (Wildman–Crippen LogP) is 3.37. The first-order valence-electron chi connectivity index (χ1n) is 10.5. The van der Waals surface area contributed by atoms with Crippen LogP contribution in [0.15, 0.2) is 65.8 Å². The summed E-state index contributed by atoms with van der Waals surface area (Å²) in [4.78, 5) is 13.0. The molecule has 3 aromatic rings. The smallest absolute Gasteiger partial charge is 0.255 e. The van der Waals surface area contributed by atoms with Gasteiger partial charge in [-0.1, -0.05) is 18.6 Å². The van der Waals surface area contributed by atoms with E-state index in [-0.39, 0.29) is 10.8 Å². The Morgan fingerprint density at radius 3 is 2.50 bits per heavy atom. The van der Waals surface area contributed by atoms with Crippen molar-refractivity contribution in [2.24, 2.45) is 0 Å². The lowest BCUT2D eigenvalue weighted by Gasteiger charge is -2.26. The van der Waals surface area contributed by atoms with Crippen molar-refractivity contribution >= 4 is 21.6 Å². The number of ether oxygens (including phenoxy) is 1. The number of piperidine rings is 1. The van der Waals surface area contributed by atoms with E-state index in [1.807, 2.05) is 24.4 Å². The second kappa shape index (κ2) is 9.54. The highest BCUT2D eigenvalue weighted by atomic mass is 32.2. The van der Waals surface area contributed by atoms with Gasteiger partial charge in [0.25, 0.3) is 5.91 Å². The fourth-order valence-electron chi connectivity index (χ4n) is 3.74. The third-order valence-corrected chi connectivity index (χ3v) is 7.39. The van der Waals surface area contributed by atoms with Crippen LogP contribution in [0.2, 0.25) is 0 Å². The predicted molar refractivity (Wildman–Crippen MR) is 121 cm³/mol. The van der Waals surface area contributed by atoms with Gasteiger partial charge in [0.05, 0.1) is 24.2 Å². The van der Waals surface area contributed by atoms with Crippen molar-refractivity contribution in [2.75, 3.05) is 25.5 Å². The van der Waals surface area contributed by atoms with Crippen molar-refractivity contribution in [3.8, 4) is 5.75 Å². The molecule has 1 aromatic heterocycles. The maximum Gasteiger partial charge on any atom is 0.255 e. The van der Waals surface area contributed by atoms with Crippen LogP contribution < -0.4 is 10.1 Å². The number of carbonyl (C=O) groups excluding carboxylic acids is 1. The molecule has 168 valence electrons. The quantitative estimate of drug-likeness (QED) is 0.591. The van der Waals surface area contributed by atoms with Gasteiger partial charge in [0, 0.05) is 31.0 Å². The van der Waals surface area contributed by atoms with Gasteiger partial charge in [-0.25, -0.2) is 8.42 Å². The molecule has 32 heavy (non-hydrogen) atoms. The lowest BCUT2D eigenvalue weighted by molar-refractivity contribution is 0.102. The molecule has 0 saturated carbocycles. The average Bonchev–Trinajstić information content (AvgIpc) is 3.33. The van der Waals surface area contributed by atoms with Crippen molar-refractivity contribution in [1.82, 2.24) is 14.1 Å². The van der Waals surface area contributed by atoms with Crippen LogP contribution in [-0.2, 0) is 16.6 Å². The normalized spacial score (nSPS) is 14.8. The van der Waals surface area contributed by atoms with E-state index in [1.165, 1.54) is 23.5 Å². The first kappa shape index (κ1) is 22.0. The van der Waals surface area contributed by atoms with Crippen molar-refractivity contribution < 1.29 is 17.9 Å². The number of hydrogen-bond donors (Lipinski definition) is 1. The minimum atomic E-state index is -3.62. The molecule has 1 aliphatic rings. The van der Waals surface area contributed by atoms with Gasteiger partial charge in [0.15, 0.2) is 0 Å². The molecule has 2 heterocycles. The van der Waals surface area contributed by atoms with Crippen LogP contribution >= 0.6 is 0 Å². The molecule has 2 aromatic carbocycles. The summed E-state index contributed by atoms with van der Waals surface area (Å²) in [6.45, 7) is 1.64. The van der Waals surface area contributed by atoms with Crippen LogP contribution in [0.3, 0.4) is 0 Å². The highest BCUT2D eigenvalue weighted by Gasteiger charge is 2.27. The third kappa shape index (κ3) is 4.84. The summed E-state index contributed by atoms with van der Waals surface area (Å²) in [5, 5.41) is 6.97. The topological polar surface area (TPSA) is 93.5 Å². The zero-order valence-electron chi connectivity index (χ0n) is 17.9. The van der Waals surface area contributed by atoms with Gasteiger partial charge < -0.3 is 10.1 Å². The van der Waals surface area contributed by atoms with Crippen molar-refractivity contribution in [3.05, 3.63) is 72.1 Å². The Labute approximate surface area is 187 Å². The standard InChI is InChI=1S/C23H26N4O4S/c1-31-22-11-10-20(32(29,30)27-14-3-2-4-15-27)16-21(22)25-23(28)19-8-6-18(7-9-19)17-26-13-5-12-24-26/h5-13,16H,2-4,14-15,17H2,1H3,(H,25,28). The summed E-state index contributed by atoms with van der Waals surface area (Å²) < 4.78 is 34.7. The summed E-state index contributed by atoms with van der Waals surface area (Å²) >= 11 is 0. The molecule has 0 aliphatic carbocycles. The van der Waals surface area contributed by atoms with Crippen molar-refractivity contribution in [2.45, 2.75) is 30.7 Å². The van der Waals surface area contributed by atoms with E-state index in [2.05, 4.69) is 10.4 Å². The van der Waals surface area contributed by atoms with Crippen LogP contribution in [0.5, 0.6) is 5.75 Å². The zero-order valence-corrected chi connectivity index (χ0v) is 18.7. The number of methoxy groups -OCH3 is 1. The number of nitrogens with zero attached hydrogens (tertiary/aromatic N) is 3. The molecule has 0 spiro atoms. The van der Waals surface area contributed by atoms with E-state index in [9.17, 15) is 13.2 Å². The van der Waals surface area contributed by atoms with Gasteiger partial charge in [0.1, 0.15) is 5.75 Å². The number of aromatic nitrogens is 2. The van der Waals surface area contributed by atoms with E-state index in [0.29, 0.717) is 36.6 Å². The fourth-order valence-corrected chi connectivity index (χ4v) is 5.28. The number of carbonyl (C=O) groups is 1. The molecule has 0 bridgehead atoms. The van der Waals surface area contributed by atoms with E-state index in [0.717, 1.165) is 24.8 Å². The lowest BCUT2D eigenvalue weighted by Crippen LogP contribution is -2.35. The monoisotopic (exact) mass is 454 g/mol. The Kier molecular flexibility index (Phi) is 6.57. The van der Waals surface area contributed by atoms with Crippen LogP contribution in [0, 0.1) is 0 Å². The second-order valence-corrected chi connectivity index (χ2v) is 9.62. The van der Waals surface area contributed by atoms with Crippen LogP contribution in [0.25, 0.3) is 0 Å². The number of amides is 1. The van der Waals surface area contributed by atoms with E-state index >= 15 is 0 Å². The van der Waals surface area contributed by atoms with Gasteiger partial charge in [-0.05, 0) is 54.8 Å². The number of hydrogen-bond acceptors (Lipinski definition) is 5. The molecule has 4 rings (SSSR count). The molecule has 1 amide bonds. The Hall–Kier alpha value is -3.17. The molecule has 8 nitrogen and oxygen atoms in total. The average molecular weight is 455 g/mol. The number of rotatable bonds is 7. The molecule has 0 radical (unpaired) electrons. The Morgan fingerprint density at radius 1 is 1.09 bits per heavy atom. The number of anilines is 1. The van der Waals surface area contributed by atoms with Gasteiger partial charge in [-0.2, -0.15) is 9.40 Å². The minimum absolute atomic E-state index is 0.144. The van der Waals surface area contributed by atoms with Crippen LogP contribution in [-0.4, -0.2) is 48.6 Å². The largest absolute Gasteiger partial charge is 0.495 e. The molecule has 1 N–H and O–H groups in total. The summed E-state index contributed by atoms with van der Waals surface area (Å²) in [6, 6.07) is 13.6. The van der Waals surface area contributed by atoms with Gasteiger partial charge >= 0.3 is 0 Å². The first-order chi connectivity index (χ1) is 15.5. The summed E-state index contributed by atoms with van der Waals surface area (Å²) in [5.74, 6) is 0.0488. The van der Waals surface area contributed by atoms with Crippen LogP contribution in [0.1, 0.15) is 35.2 Å². The number of benzene rings is 2. The third-order valence-electron chi connectivity index (χ3n) is 5.49. The van der Waals surface area contributed by atoms with Gasteiger partial charge in [-0.3, -0.25) is 9.48 Å². The number of nitrogens with one attached hydrogen (secondary N) is 1. The highest BCUT2D eigenvalue weighted by molar-refractivity contribution is 7.89. The Balaban J connectivity index is 1.52. The summed E-state index contributed by atoms with van der Waals surface area (Å²) in [5.41, 5.74) is 1.79. The minimum Gasteiger partial charge on any atom is -0.495 e. The van der Waals surface area contributed by atoms with E-state index in [4.69, 9.17) is 4.74 Å². The number of sulfonamides is 1. The molecular weight excluding hydrogens is 428 g/mol. The summed E-state index contributed by atoms with van der Waals surface area (Å²) in [7, 11) is -2.14. The van der Waals surface area contributed by atoms with E-state index < -0.39 is 10.0 Å². The fraction of sp³-hybridized carbons (Fsp3) is 0.304. The summed E-state index contributed by atoms with van der Waals surface area (Å²) in [6.07, 6.45) is 6.34. The second-order valence-electron chi connectivity index (χ2n) is 7.68. The Morgan fingerprint density at radius 2 is 1.84 bits per heavy atom. The zero-order chi connectivity index (χ0) is 22.6. The molecule has 0 atom stereocenters. The van der Waals surface area contributed by atoms with Gasteiger partial charge in [-0.15, -0.1) is 0 Å². The van der Waals surface area contributed by atoms with Crippen molar-refractivity contribution in [1.29, 1.82) is 0 Å². The Bertz CT molecular complexity index is 1170. The maximum absolute atomic E-state index is 13.0. The van der Waals surface area contributed by atoms with Gasteiger partial charge in [0.2, 0.25) is 10.0 Å². The highest BCUT2D eigenvalue weighted by Crippen LogP contribution is 2.30. The molecule has 0 unspecified atom stereocenters.